The molecule has 0 aromatic carbocycles. The number of hydroxylamine groups is 2. The molecule has 1 fully saturated rings. The van der Waals surface area contributed by atoms with Gasteiger partial charge in [0.2, 0.25) is 0 Å². The maximum atomic E-state index is 13.3. The van der Waals surface area contributed by atoms with Crippen LogP contribution in [0.2, 0.25) is 0 Å². The van der Waals surface area contributed by atoms with Gasteiger partial charge in [0.25, 0.3) is 0 Å². The largest absolute Gasteiger partial charge is 0.493 e. The molecule has 1 saturated carbocycles. The highest BCUT2D eigenvalue weighted by Crippen LogP contribution is 2.61. The third-order valence-corrected chi connectivity index (χ3v) is 6.68. The fourth-order valence-electron chi connectivity index (χ4n) is 4.85. The molecule has 0 saturated heterocycles. The predicted molar refractivity (Wildman–Crippen MR) is 87.2 cm³/mol. The SMILES string of the molecule is CON1C=C(Br)C23C(=O)C(C)CCC2OC2=C3C(C[C@@H](O)C2)C1. The van der Waals surface area contributed by atoms with Gasteiger partial charge in [-0.25, -0.2) is 0 Å². The van der Waals surface area contributed by atoms with Crippen LogP contribution in [0, 0.1) is 17.3 Å². The van der Waals surface area contributed by atoms with E-state index in [2.05, 4.69) is 15.9 Å². The summed E-state index contributed by atoms with van der Waals surface area (Å²) in [5.74, 6) is 1.16. The van der Waals surface area contributed by atoms with E-state index in [0.29, 0.717) is 19.4 Å². The van der Waals surface area contributed by atoms with Crippen molar-refractivity contribution in [1.29, 1.82) is 0 Å². The first-order valence-electron chi connectivity index (χ1n) is 8.29. The summed E-state index contributed by atoms with van der Waals surface area (Å²) in [6, 6.07) is 0. The lowest BCUT2D eigenvalue weighted by molar-refractivity contribution is -0.136. The summed E-state index contributed by atoms with van der Waals surface area (Å²) in [6.07, 6.45) is 4.18. The number of ketones is 1. The van der Waals surface area contributed by atoms with E-state index in [1.807, 2.05) is 13.1 Å². The molecule has 2 heterocycles. The summed E-state index contributed by atoms with van der Waals surface area (Å²) in [6.45, 7) is 2.64. The van der Waals surface area contributed by atoms with Crippen molar-refractivity contribution in [2.45, 2.75) is 44.8 Å². The van der Waals surface area contributed by atoms with Crippen LogP contribution in [0.5, 0.6) is 0 Å². The van der Waals surface area contributed by atoms with Gasteiger partial charge in [-0.05, 0) is 24.8 Å². The Labute approximate surface area is 144 Å². The predicted octanol–water partition coefficient (Wildman–Crippen LogP) is 2.51. The Morgan fingerprint density at radius 2 is 2.26 bits per heavy atom. The number of rotatable bonds is 1. The van der Waals surface area contributed by atoms with Gasteiger partial charge in [-0.1, -0.05) is 22.9 Å². The molecule has 23 heavy (non-hydrogen) atoms. The fraction of sp³-hybridized carbons (Fsp3) is 0.706. The van der Waals surface area contributed by atoms with Crippen LogP contribution in [-0.2, 0) is 14.4 Å². The Kier molecular flexibility index (Phi) is 3.63. The standard InChI is InChI=1S/C17H22BrNO4/c1-9-3-4-14-17(16(9)21)13(18)8-19(22-2)7-10-5-11(20)6-12(23-14)15(10)17/h8-11,14,20H,3-7H2,1-2H3/t9?,10?,11-,14?,17?/m1/s1. The number of aliphatic hydroxyl groups is 1. The first-order chi connectivity index (χ1) is 11.0. The molecule has 0 bridgehead atoms. The monoisotopic (exact) mass is 383 g/mol. The zero-order valence-corrected chi connectivity index (χ0v) is 15.0. The number of hydrogen-bond donors (Lipinski definition) is 1. The Hall–Kier alpha value is -0.850. The van der Waals surface area contributed by atoms with Gasteiger partial charge in [-0.3, -0.25) is 14.7 Å². The maximum Gasteiger partial charge on any atom is 0.154 e. The number of ether oxygens (including phenoxy) is 1. The van der Waals surface area contributed by atoms with Gasteiger partial charge in [0.1, 0.15) is 17.3 Å². The van der Waals surface area contributed by atoms with Gasteiger partial charge in [0, 0.05) is 28.9 Å². The van der Waals surface area contributed by atoms with Gasteiger partial charge in [-0.15, -0.1) is 0 Å². The number of aliphatic hydroxyl groups excluding tert-OH is 1. The summed E-state index contributed by atoms with van der Waals surface area (Å²) >= 11 is 3.69. The van der Waals surface area contributed by atoms with Crippen molar-refractivity contribution in [2.24, 2.45) is 17.3 Å². The minimum atomic E-state index is -0.717. The Morgan fingerprint density at radius 1 is 1.48 bits per heavy atom. The normalized spacial score (nSPS) is 42.7. The van der Waals surface area contributed by atoms with Gasteiger partial charge in [0.05, 0.1) is 19.8 Å². The van der Waals surface area contributed by atoms with E-state index >= 15 is 0 Å². The summed E-state index contributed by atoms with van der Waals surface area (Å²) in [4.78, 5) is 18.8. The van der Waals surface area contributed by atoms with Crippen LogP contribution >= 0.6 is 15.9 Å². The number of carbonyl (C=O) groups is 1. The number of Topliss-reactive ketones (excluding diaryl/α,β-unsaturated/α-hetero) is 1. The number of nitrogens with zero attached hydrogens (tertiary/aromatic N) is 1. The van der Waals surface area contributed by atoms with Crippen LogP contribution in [0.25, 0.3) is 0 Å². The molecule has 4 rings (SSSR count). The highest BCUT2D eigenvalue weighted by molar-refractivity contribution is 9.11. The van der Waals surface area contributed by atoms with Crippen molar-refractivity contribution in [3.05, 3.63) is 22.0 Å². The smallest absolute Gasteiger partial charge is 0.154 e. The third kappa shape index (κ3) is 2.01. The molecule has 2 aliphatic carbocycles. The van der Waals surface area contributed by atoms with E-state index in [1.54, 1.807) is 12.2 Å². The van der Waals surface area contributed by atoms with Crippen molar-refractivity contribution in [3.8, 4) is 0 Å². The quantitative estimate of drug-likeness (QED) is 0.753. The lowest BCUT2D eigenvalue weighted by Gasteiger charge is -2.41. The van der Waals surface area contributed by atoms with Gasteiger partial charge >= 0.3 is 0 Å². The highest BCUT2D eigenvalue weighted by Gasteiger charge is 2.63. The molecule has 2 aliphatic heterocycles. The van der Waals surface area contributed by atoms with E-state index in [-0.39, 0.29) is 23.7 Å². The second kappa shape index (κ2) is 5.33. The molecular weight excluding hydrogens is 362 g/mol. The summed E-state index contributed by atoms with van der Waals surface area (Å²) in [7, 11) is 1.63. The fourth-order valence-corrected chi connectivity index (χ4v) is 5.74. The highest BCUT2D eigenvalue weighted by atomic mass is 79.9. The summed E-state index contributed by atoms with van der Waals surface area (Å²) < 4.78 is 7.06. The van der Waals surface area contributed by atoms with Crippen LogP contribution in [0.4, 0.5) is 0 Å². The molecule has 1 spiro atoms. The molecule has 126 valence electrons. The lowest BCUT2D eigenvalue weighted by Crippen LogP contribution is -2.49. The molecule has 5 atom stereocenters. The molecule has 4 unspecified atom stereocenters. The third-order valence-electron chi connectivity index (χ3n) is 5.85. The topological polar surface area (TPSA) is 59.0 Å². The van der Waals surface area contributed by atoms with E-state index in [4.69, 9.17) is 9.57 Å². The number of carbonyl (C=O) groups excluding carboxylic acids is 1. The Morgan fingerprint density at radius 3 is 3.00 bits per heavy atom. The second-order valence-corrected chi connectivity index (χ2v) is 8.00. The molecule has 0 radical (unpaired) electrons. The number of hydrogen-bond acceptors (Lipinski definition) is 5. The lowest BCUT2D eigenvalue weighted by atomic mass is 9.60. The van der Waals surface area contributed by atoms with Crippen LogP contribution in [0.1, 0.15) is 32.6 Å². The molecule has 5 nitrogen and oxygen atoms in total. The Balaban J connectivity index is 1.93. The number of halogens is 1. The zero-order valence-electron chi connectivity index (χ0n) is 13.4. The van der Waals surface area contributed by atoms with Gasteiger partial charge < -0.3 is 9.84 Å². The van der Waals surface area contributed by atoms with Crippen molar-refractivity contribution in [1.82, 2.24) is 5.06 Å². The first kappa shape index (κ1) is 15.7. The molecule has 0 aromatic heterocycles. The van der Waals surface area contributed by atoms with E-state index in [9.17, 15) is 9.90 Å². The minimum absolute atomic E-state index is 0.0178. The summed E-state index contributed by atoms with van der Waals surface area (Å²) in [5.41, 5.74) is 0.373. The molecule has 1 N–H and O–H groups in total. The van der Waals surface area contributed by atoms with Crippen molar-refractivity contribution >= 4 is 21.7 Å². The van der Waals surface area contributed by atoms with Crippen molar-refractivity contribution < 1.29 is 19.5 Å². The van der Waals surface area contributed by atoms with Gasteiger partial charge in [0.15, 0.2) is 5.78 Å². The van der Waals surface area contributed by atoms with E-state index in [1.165, 1.54) is 0 Å². The van der Waals surface area contributed by atoms with E-state index < -0.39 is 11.5 Å². The second-order valence-electron chi connectivity index (χ2n) is 7.14. The minimum Gasteiger partial charge on any atom is -0.493 e. The average Bonchev–Trinajstić information content (AvgIpc) is 2.79. The van der Waals surface area contributed by atoms with Crippen LogP contribution in [0.15, 0.2) is 22.0 Å². The maximum absolute atomic E-state index is 13.3. The van der Waals surface area contributed by atoms with Crippen LogP contribution in [0.3, 0.4) is 0 Å². The summed E-state index contributed by atoms with van der Waals surface area (Å²) in [5, 5.41) is 12.0. The van der Waals surface area contributed by atoms with Crippen molar-refractivity contribution in [2.75, 3.05) is 13.7 Å². The molecule has 4 aliphatic rings. The van der Waals surface area contributed by atoms with Crippen LogP contribution < -0.4 is 0 Å². The molecule has 0 aromatic rings. The molecule has 0 amide bonds. The zero-order chi connectivity index (χ0) is 16.4. The van der Waals surface area contributed by atoms with Crippen LogP contribution in [-0.4, -0.2) is 41.8 Å². The average molecular weight is 384 g/mol. The Bertz CT molecular complexity index is 616. The van der Waals surface area contributed by atoms with Gasteiger partial charge in [-0.2, -0.15) is 0 Å². The first-order valence-corrected chi connectivity index (χ1v) is 9.08. The molecular formula is C17H22BrNO4. The van der Waals surface area contributed by atoms with Crippen molar-refractivity contribution in [3.63, 3.8) is 0 Å². The van der Waals surface area contributed by atoms with E-state index in [0.717, 1.165) is 28.7 Å². The molecule has 6 heteroatoms.